The number of carbonyl (C=O) groups is 1. The number of methoxy groups -OCH3 is 3. The zero-order valence-electron chi connectivity index (χ0n) is 17.5. The Morgan fingerprint density at radius 1 is 0.933 bits per heavy atom. The maximum Gasteiger partial charge on any atom is 0.305 e. The van der Waals surface area contributed by atoms with E-state index in [-0.39, 0.29) is 18.6 Å². The average Bonchev–Trinajstić information content (AvgIpc) is 3.18. The van der Waals surface area contributed by atoms with Crippen molar-refractivity contribution in [1.29, 1.82) is 0 Å². The first-order valence-electron chi connectivity index (χ1n) is 9.54. The number of ether oxygens (including phenoxy) is 7. The van der Waals surface area contributed by atoms with Gasteiger partial charge in [-0.1, -0.05) is 6.92 Å². The van der Waals surface area contributed by atoms with Crippen LogP contribution in [0.4, 0.5) is 0 Å². The Morgan fingerprint density at radius 2 is 1.57 bits per heavy atom. The molecule has 2 aromatic carbocycles. The Morgan fingerprint density at radius 3 is 2.13 bits per heavy atom. The van der Waals surface area contributed by atoms with Gasteiger partial charge in [-0.25, -0.2) is 0 Å². The van der Waals surface area contributed by atoms with Gasteiger partial charge in [0.05, 0.1) is 21.3 Å². The molecule has 2 heterocycles. The van der Waals surface area contributed by atoms with Crippen molar-refractivity contribution in [3.8, 4) is 34.5 Å². The molecule has 0 spiro atoms. The fourth-order valence-electron chi connectivity index (χ4n) is 4.02. The first-order chi connectivity index (χ1) is 14.5. The number of fused-ring (bicyclic) bond motifs is 2. The van der Waals surface area contributed by atoms with E-state index in [1.807, 2.05) is 25.1 Å². The molecule has 0 bridgehead atoms. The maximum absolute atomic E-state index is 11.7. The van der Waals surface area contributed by atoms with E-state index in [1.54, 1.807) is 27.4 Å². The highest BCUT2D eigenvalue weighted by molar-refractivity contribution is 5.66. The molecule has 8 nitrogen and oxygen atoms in total. The molecule has 0 radical (unpaired) electrons. The molecule has 0 aromatic heterocycles. The molecule has 0 saturated carbocycles. The third-order valence-electron chi connectivity index (χ3n) is 5.37. The largest absolute Gasteiger partial charge is 0.493 e. The molecule has 0 amide bonds. The van der Waals surface area contributed by atoms with Gasteiger partial charge in [-0.05, 0) is 23.8 Å². The molecule has 2 aromatic rings. The molecule has 3 atom stereocenters. The summed E-state index contributed by atoms with van der Waals surface area (Å²) < 4.78 is 39.1. The minimum atomic E-state index is -0.764. The maximum atomic E-state index is 11.7. The quantitative estimate of drug-likeness (QED) is 0.685. The number of hydrogen-bond acceptors (Lipinski definition) is 8. The zero-order chi connectivity index (χ0) is 21.4. The highest BCUT2D eigenvalue weighted by Crippen LogP contribution is 2.51. The molecule has 0 N–H and O–H groups in total. The summed E-state index contributed by atoms with van der Waals surface area (Å²) in [5, 5.41) is 0. The van der Waals surface area contributed by atoms with Crippen molar-refractivity contribution >= 4 is 5.97 Å². The molecule has 8 heteroatoms. The Kier molecular flexibility index (Phi) is 5.24. The van der Waals surface area contributed by atoms with Crippen LogP contribution in [0.3, 0.4) is 0 Å². The second-order valence-corrected chi connectivity index (χ2v) is 7.13. The fraction of sp³-hybridized carbons (Fsp3) is 0.409. The van der Waals surface area contributed by atoms with Crippen molar-refractivity contribution in [1.82, 2.24) is 0 Å². The van der Waals surface area contributed by atoms with Crippen LogP contribution in [0.1, 0.15) is 30.9 Å². The van der Waals surface area contributed by atoms with Crippen LogP contribution in [0.15, 0.2) is 24.3 Å². The van der Waals surface area contributed by atoms with Gasteiger partial charge < -0.3 is 33.2 Å². The van der Waals surface area contributed by atoms with Crippen LogP contribution in [-0.4, -0.2) is 40.4 Å². The number of rotatable bonds is 5. The van der Waals surface area contributed by atoms with Gasteiger partial charge in [-0.2, -0.15) is 0 Å². The van der Waals surface area contributed by atoms with Crippen LogP contribution < -0.4 is 28.4 Å². The summed E-state index contributed by atoms with van der Waals surface area (Å²) in [6.07, 6.45) is -0.764. The predicted octanol–water partition coefficient (Wildman–Crippen LogP) is 3.49. The summed E-state index contributed by atoms with van der Waals surface area (Å²) in [6, 6.07) is 7.47. The third kappa shape index (κ3) is 3.32. The number of hydrogen-bond donors (Lipinski definition) is 0. The minimum Gasteiger partial charge on any atom is -0.493 e. The molecule has 160 valence electrons. The van der Waals surface area contributed by atoms with Crippen LogP contribution in [0.25, 0.3) is 0 Å². The Labute approximate surface area is 174 Å². The lowest BCUT2D eigenvalue weighted by molar-refractivity contribution is -0.171. The smallest absolute Gasteiger partial charge is 0.305 e. The number of carbonyl (C=O) groups excluding carboxylic acids is 1. The standard InChI is InChI=1S/C22H24O8/c1-11-20(13-6-18(24-3)21(26-5)19(7-13)25-4)14-8-16-17(28-10-27-16)9-15(14)30-22(11)29-12(2)23/h6-9,11,20,22H,10H2,1-5H3/t11-,20-,22-/m0/s1. The Bertz CT molecular complexity index is 945. The minimum absolute atomic E-state index is 0.149. The van der Waals surface area contributed by atoms with Gasteiger partial charge in [0.15, 0.2) is 23.0 Å². The first kappa shape index (κ1) is 20.0. The van der Waals surface area contributed by atoms with Crippen LogP contribution in [0.5, 0.6) is 34.5 Å². The molecule has 0 fully saturated rings. The Hall–Kier alpha value is -3.29. The average molecular weight is 416 g/mol. The van der Waals surface area contributed by atoms with E-state index in [2.05, 4.69) is 0 Å². The normalized spacial score (nSPS) is 21.3. The molecule has 0 aliphatic carbocycles. The summed E-state index contributed by atoms with van der Waals surface area (Å²) >= 11 is 0. The van der Waals surface area contributed by atoms with Crippen LogP contribution >= 0.6 is 0 Å². The molecule has 2 aliphatic heterocycles. The van der Waals surface area contributed by atoms with E-state index >= 15 is 0 Å². The SMILES string of the molecule is COc1cc([C@H]2c3cc4c(cc3O[C@H](OC(C)=O)[C@H]2C)OCO4)cc(OC)c1OC. The van der Waals surface area contributed by atoms with Gasteiger partial charge in [0.25, 0.3) is 0 Å². The van der Waals surface area contributed by atoms with E-state index in [1.165, 1.54) is 6.92 Å². The summed E-state index contributed by atoms with van der Waals surface area (Å²) in [6.45, 7) is 3.48. The monoisotopic (exact) mass is 416 g/mol. The molecular formula is C22H24O8. The van der Waals surface area contributed by atoms with Crippen LogP contribution in [0, 0.1) is 5.92 Å². The predicted molar refractivity (Wildman–Crippen MR) is 106 cm³/mol. The van der Waals surface area contributed by atoms with Gasteiger partial charge >= 0.3 is 5.97 Å². The number of benzene rings is 2. The highest BCUT2D eigenvalue weighted by Gasteiger charge is 2.40. The van der Waals surface area contributed by atoms with Crippen LogP contribution in [-0.2, 0) is 9.53 Å². The first-order valence-corrected chi connectivity index (χ1v) is 9.54. The van der Waals surface area contributed by atoms with Crippen molar-refractivity contribution in [2.24, 2.45) is 5.92 Å². The van der Waals surface area contributed by atoms with Gasteiger partial charge in [0.2, 0.25) is 18.8 Å². The van der Waals surface area contributed by atoms with Crippen molar-refractivity contribution in [2.75, 3.05) is 28.1 Å². The van der Waals surface area contributed by atoms with Gasteiger partial charge in [-0.3, -0.25) is 4.79 Å². The van der Waals surface area contributed by atoms with E-state index in [0.29, 0.717) is 34.5 Å². The van der Waals surface area contributed by atoms with Gasteiger partial charge in [-0.15, -0.1) is 0 Å². The lowest BCUT2D eigenvalue weighted by Gasteiger charge is -2.37. The molecule has 0 saturated heterocycles. The molecule has 30 heavy (non-hydrogen) atoms. The highest BCUT2D eigenvalue weighted by atomic mass is 16.7. The summed E-state index contributed by atoms with van der Waals surface area (Å²) in [5.74, 6) is 2.58. The second kappa shape index (κ2) is 7.85. The van der Waals surface area contributed by atoms with E-state index in [9.17, 15) is 4.79 Å². The molecular weight excluding hydrogens is 392 g/mol. The Balaban J connectivity index is 1.88. The molecule has 4 rings (SSSR count). The molecule has 0 unspecified atom stereocenters. The lowest BCUT2D eigenvalue weighted by atomic mass is 9.78. The van der Waals surface area contributed by atoms with E-state index < -0.39 is 12.3 Å². The van der Waals surface area contributed by atoms with Crippen LogP contribution in [0.2, 0.25) is 0 Å². The summed E-state index contributed by atoms with van der Waals surface area (Å²) in [7, 11) is 4.70. The van der Waals surface area contributed by atoms with Gasteiger partial charge in [0, 0.05) is 30.4 Å². The van der Waals surface area contributed by atoms with E-state index in [0.717, 1.165) is 11.1 Å². The van der Waals surface area contributed by atoms with Crippen molar-refractivity contribution in [3.63, 3.8) is 0 Å². The fourth-order valence-corrected chi connectivity index (χ4v) is 4.02. The summed E-state index contributed by atoms with van der Waals surface area (Å²) in [5.41, 5.74) is 1.79. The molecule has 2 aliphatic rings. The van der Waals surface area contributed by atoms with Crippen molar-refractivity contribution < 1.29 is 38.0 Å². The second-order valence-electron chi connectivity index (χ2n) is 7.13. The number of esters is 1. The van der Waals surface area contributed by atoms with Crippen molar-refractivity contribution in [3.05, 3.63) is 35.4 Å². The van der Waals surface area contributed by atoms with Gasteiger partial charge in [0.1, 0.15) is 5.75 Å². The van der Waals surface area contributed by atoms with Crippen molar-refractivity contribution in [2.45, 2.75) is 26.1 Å². The summed E-state index contributed by atoms with van der Waals surface area (Å²) in [4.78, 5) is 11.7. The zero-order valence-corrected chi connectivity index (χ0v) is 17.5. The third-order valence-corrected chi connectivity index (χ3v) is 5.37. The topological polar surface area (TPSA) is 81.7 Å². The van der Waals surface area contributed by atoms with E-state index in [4.69, 9.17) is 33.2 Å². The lowest BCUT2D eigenvalue weighted by Crippen LogP contribution is -2.38.